The summed E-state index contributed by atoms with van der Waals surface area (Å²) in [6.45, 7) is 48.2. The average molecular weight is 1320 g/mol. The van der Waals surface area contributed by atoms with Crippen molar-refractivity contribution < 1.29 is 63.4 Å². The van der Waals surface area contributed by atoms with Crippen LogP contribution in [0.15, 0.2) is 48.5 Å². The Morgan fingerprint density at radius 3 is 1.40 bits per heavy atom. The number of methoxy groups -OCH3 is 3. The molecule has 14 heteroatoms. The monoisotopic (exact) mass is 1320 g/mol. The van der Waals surface area contributed by atoms with E-state index in [1.54, 1.807) is 28.3 Å². The van der Waals surface area contributed by atoms with E-state index in [4.69, 9.17) is 49.6 Å². The average Bonchev–Trinajstić information content (AvgIpc) is 0.975. The van der Waals surface area contributed by atoms with Crippen molar-refractivity contribution in [1.29, 1.82) is 0 Å². The quantitative estimate of drug-likeness (QED) is 0.173. The molecule has 5 N–H and O–H groups in total. The molecule has 5 aliphatic heterocycles. The molecule has 9 fully saturated rings. The van der Waals surface area contributed by atoms with Crippen LogP contribution in [0.5, 0.6) is 0 Å². The first kappa shape index (κ1) is 83.8. The summed E-state index contributed by atoms with van der Waals surface area (Å²) in [4.78, 5) is 4.02. The Labute approximate surface area is 573 Å². The lowest BCUT2D eigenvalue weighted by Gasteiger charge is -2.45. The van der Waals surface area contributed by atoms with Crippen LogP contribution < -0.4 is 0 Å². The molecule has 2 aromatic rings. The second kappa shape index (κ2) is 43.2. The predicted octanol–water partition coefficient (Wildman–Crippen LogP) is 15.5. The van der Waals surface area contributed by atoms with Crippen LogP contribution in [0.25, 0.3) is 4.85 Å². The number of hydrogen-bond donors (Lipinski definition) is 5. The van der Waals surface area contributed by atoms with Crippen LogP contribution in [0.4, 0.5) is 0 Å². The minimum Gasteiger partial charge on any atom is -0.394 e. The summed E-state index contributed by atoms with van der Waals surface area (Å²) in [7, 11) is 4.78. The molecule has 4 saturated carbocycles. The molecule has 542 valence electrons. The molecule has 27 unspecified atom stereocenters. The number of fused-ring (bicyclic) bond motifs is 3. The molecule has 14 nitrogen and oxygen atoms in total. The Morgan fingerprint density at radius 1 is 0.468 bits per heavy atom. The Hall–Kier alpha value is -2.59. The van der Waals surface area contributed by atoms with Crippen molar-refractivity contribution in [1.82, 2.24) is 0 Å². The van der Waals surface area contributed by atoms with Gasteiger partial charge in [-0.2, -0.15) is 0 Å². The van der Waals surface area contributed by atoms with Crippen molar-refractivity contribution >= 4 is 0 Å². The van der Waals surface area contributed by atoms with Crippen molar-refractivity contribution in [3.63, 3.8) is 0 Å². The van der Waals surface area contributed by atoms with E-state index in [2.05, 4.69) is 157 Å². The topological polar surface area (TPSA) is 179 Å². The van der Waals surface area contributed by atoms with Crippen LogP contribution in [0.3, 0.4) is 0 Å². The Bertz CT molecular complexity index is 2240. The molecule has 0 radical (unpaired) electrons. The van der Waals surface area contributed by atoms with Gasteiger partial charge in [-0.05, 0) is 159 Å². The molecule has 2 aromatic carbocycles. The van der Waals surface area contributed by atoms with E-state index in [1.165, 1.54) is 99.3 Å². The third kappa shape index (κ3) is 25.5. The number of ether oxygens (including phenoxy) is 8. The van der Waals surface area contributed by atoms with Crippen LogP contribution in [-0.4, -0.2) is 159 Å². The molecule has 0 aromatic heterocycles. The van der Waals surface area contributed by atoms with Gasteiger partial charge in [-0.15, -0.1) is 0 Å². The highest BCUT2D eigenvalue weighted by Crippen LogP contribution is 2.51. The number of rotatable bonds is 6. The molecular formula is C80H139NO13. The number of aryl methyl sites for hydroxylation is 2. The summed E-state index contributed by atoms with van der Waals surface area (Å²) in [5.74, 6) is 12.2. The van der Waals surface area contributed by atoms with Crippen LogP contribution in [0.1, 0.15) is 228 Å². The minimum atomic E-state index is -1.24. The van der Waals surface area contributed by atoms with E-state index in [-0.39, 0.29) is 67.5 Å². The van der Waals surface area contributed by atoms with E-state index in [9.17, 15) is 20.4 Å². The van der Waals surface area contributed by atoms with E-state index in [0.29, 0.717) is 6.10 Å². The number of nitrogens with zero attached hydrogens (tertiary/aromatic N) is 1. The maximum absolute atomic E-state index is 9.23. The summed E-state index contributed by atoms with van der Waals surface area (Å²) in [5, 5.41) is 45.6. The number of aliphatic hydroxyl groups is 5. The molecule has 0 spiro atoms. The lowest BCUT2D eigenvalue weighted by Crippen LogP contribution is -2.57. The SMILES string of the molecule is CC1CC1C.CC1CCC(C)C1C.CC1CCC1C.CC1CCCCC1C.CC1CCCOC1C.CC1CCOCC1C.CC1OC(CO)C(O)C(O)C1O.COC1OC(CO)C(OC)C(C)C1OC.[C-]#[N+]C1C(C)OC2CCc3ccccc3C2C1c1ccccc1C. The molecule has 5 aliphatic carbocycles. The minimum absolute atomic E-state index is 0.0152. The molecule has 10 aliphatic rings. The number of aliphatic hydroxyl groups excluding tert-OH is 5. The van der Waals surface area contributed by atoms with Crippen LogP contribution in [-0.2, 0) is 44.3 Å². The fraction of sp³-hybridized carbons (Fsp3) is 0.838. The smallest absolute Gasteiger partial charge is 0.256 e. The van der Waals surface area contributed by atoms with Crippen molar-refractivity contribution in [3.05, 3.63) is 82.2 Å². The molecule has 27 atom stereocenters. The zero-order valence-corrected chi connectivity index (χ0v) is 62.7. The van der Waals surface area contributed by atoms with Gasteiger partial charge in [0.15, 0.2) is 6.29 Å². The van der Waals surface area contributed by atoms with Gasteiger partial charge in [-0.3, -0.25) is 0 Å². The van der Waals surface area contributed by atoms with Crippen LogP contribution >= 0.6 is 0 Å². The van der Waals surface area contributed by atoms with E-state index in [1.807, 2.05) is 6.92 Å². The zero-order chi connectivity index (χ0) is 69.9. The Kier molecular flexibility index (Phi) is 38.5. The number of benzene rings is 2. The van der Waals surface area contributed by atoms with Crippen molar-refractivity contribution in [2.24, 2.45) is 76.9 Å². The van der Waals surface area contributed by atoms with Gasteiger partial charge in [0.1, 0.15) is 42.7 Å². The third-order valence-electron chi connectivity index (χ3n) is 23.9. The third-order valence-corrected chi connectivity index (χ3v) is 23.9. The summed E-state index contributed by atoms with van der Waals surface area (Å²) < 4.78 is 43.3. The predicted molar refractivity (Wildman–Crippen MR) is 381 cm³/mol. The molecule has 12 rings (SSSR count). The van der Waals surface area contributed by atoms with Crippen LogP contribution in [0.2, 0.25) is 0 Å². The van der Waals surface area contributed by atoms with Gasteiger partial charge >= 0.3 is 0 Å². The summed E-state index contributed by atoms with van der Waals surface area (Å²) in [5.41, 5.74) is 5.43. The standard InChI is InChI=1S/C22H23NO.C10H20O5.2C8H16.C7H14O5.2C7H14O.C6H12.C5H10/c1-14-8-4-6-10-17(14)21-20-18-11-7-5-9-16(18)12-13-19(20)24-15(2)22(21)23-3;1-6-8(12-2)7(5-11)15-10(14-4)9(6)13-3;1-6-4-5-7(2)8(6)3;1-7-5-3-4-6-8(7)2;1-3-5(9)7(11)6(10)4(2-8)12-3;1-6-3-4-8-5-7(6)2;1-6-4-3-5-8-7(6)2;1-5-3-4-6(5)2;1-4-3-5(4)2/h4-11,15,19-22H,12-13H2,1-2H3;6-11H,5H2,1-4H3;6-8H,4-5H2,1-3H3;7-8H,3-6H2,1-2H3;3-11H,2H2,1H3;2*6-7H,3-5H2,1-2H3;5-6H,3-4H2,1-2H3;4-5H,3H2,1-2H3. The first-order valence-corrected chi connectivity index (χ1v) is 37.2. The maximum atomic E-state index is 9.23. The van der Waals surface area contributed by atoms with Gasteiger partial charge in [-0.1, -0.05) is 190 Å². The Morgan fingerprint density at radius 2 is 0.989 bits per heavy atom. The maximum Gasteiger partial charge on any atom is 0.256 e. The van der Waals surface area contributed by atoms with Crippen molar-refractivity contribution in [2.75, 3.05) is 54.4 Å². The lowest BCUT2D eigenvalue weighted by atomic mass is 9.66. The second-order valence-corrected chi connectivity index (χ2v) is 30.8. The van der Waals surface area contributed by atoms with Gasteiger partial charge in [0, 0.05) is 53.0 Å². The zero-order valence-electron chi connectivity index (χ0n) is 62.7. The van der Waals surface area contributed by atoms with Gasteiger partial charge in [0.25, 0.3) is 6.04 Å². The van der Waals surface area contributed by atoms with Gasteiger partial charge < -0.3 is 68.3 Å². The molecule has 0 amide bonds. The fourth-order valence-electron chi connectivity index (χ4n) is 14.7. The summed E-state index contributed by atoms with van der Waals surface area (Å²) in [6.07, 6.45) is 13.8. The Balaban J connectivity index is 0.000000236. The molecule has 94 heavy (non-hydrogen) atoms. The van der Waals surface area contributed by atoms with Crippen molar-refractivity contribution in [3.8, 4) is 0 Å². The van der Waals surface area contributed by atoms with E-state index in [0.717, 1.165) is 104 Å². The van der Waals surface area contributed by atoms with Crippen LogP contribution in [0, 0.1) is 90.4 Å². The highest BCUT2D eigenvalue weighted by Gasteiger charge is 2.51. The molecular weight excluding hydrogens is 1180 g/mol. The summed E-state index contributed by atoms with van der Waals surface area (Å²) >= 11 is 0. The highest BCUT2D eigenvalue weighted by atomic mass is 16.7. The normalized spacial score (nSPS) is 40.7. The first-order chi connectivity index (χ1) is 44.7. The van der Waals surface area contributed by atoms with Gasteiger partial charge in [0.2, 0.25) is 0 Å². The molecule has 5 heterocycles. The van der Waals surface area contributed by atoms with Gasteiger partial charge in [-0.25, -0.2) is 6.57 Å². The van der Waals surface area contributed by atoms with Crippen molar-refractivity contribution in [2.45, 2.75) is 299 Å². The van der Waals surface area contributed by atoms with E-state index >= 15 is 0 Å². The highest BCUT2D eigenvalue weighted by molar-refractivity contribution is 5.42. The lowest BCUT2D eigenvalue weighted by molar-refractivity contribution is -0.288. The van der Waals surface area contributed by atoms with E-state index < -0.39 is 36.8 Å². The molecule has 0 bridgehead atoms. The largest absolute Gasteiger partial charge is 0.394 e. The number of hydrogen-bond acceptors (Lipinski definition) is 13. The second-order valence-electron chi connectivity index (χ2n) is 30.8. The molecule has 5 saturated heterocycles. The fourth-order valence-corrected chi connectivity index (χ4v) is 14.7. The first-order valence-electron chi connectivity index (χ1n) is 37.2. The van der Waals surface area contributed by atoms with Gasteiger partial charge in [0.05, 0.1) is 43.5 Å². The summed E-state index contributed by atoms with van der Waals surface area (Å²) in [6, 6.07) is 17.2.